The van der Waals surface area contributed by atoms with E-state index in [0.717, 1.165) is 13.0 Å². The number of ether oxygens (including phenoxy) is 1. The average Bonchev–Trinajstić information content (AvgIpc) is 2.27. The first-order chi connectivity index (χ1) is 8.74. The summed E-state index contributed by atoms with van der Waals surface area (Å²) in [6.45, 7) is 15.1. The molecule has 0 aliphatic rings. The monoisotopic (exact) mass is 398 g/mol. The Labute approximate surface area is 134 Å². The van der Waals surface area contributed by atoms with E-state index < -0.39 is 8.32 Å². The molecule has 2 nitrogen and oxygen atoms in total. The molecule has 0 N–H and O–H groups in total. The van der Waals surface area contributed by atoms with Gasteiger partial charge in [0.05, 0.1) is 12.7 Å². The minimum absolute atomic E-state index is 0.0967. The summed E-state index contributed by atoms with van der Waals surface area (Å²) in [4.78, 5) is 0. The minimum atomic E-state index is -1.72. The molecule has 0 fully saturated rings. The molecule has 0 heterocycles. The minimum Gasteiger partial charge on any atom is -0.408 e. The van der Waals surface area contributed by atoms with Crippen molar-refractivity contribution in [3.8, 4) is 0 Å². The molecule has 19 heavy (non-hydrogen) atoms. The fourth-order valence-electron chi connectivity index (χ4n) is 1.42. The first kappa shape index (κ1) is 19.6. The molecule has 0 bridgehead atoms. The summed E-state index contributed by atoms with van der Waals surface area (Å²) >= 11 is 2.25. The molecule has 0 unspecified atom stereocenters. The zero-order valence-corrected chi connectivity index (χ0v) is 16.6. The molecule has 4 heteroatoms. The molecular weight excluding hydrogens is 367 g/mol. The summed E-state index contributed by atoms with van der Waals surface area (Å²) in [5, 5.41) is 0.243. The number of hydrogen-bond donors (Lipinski definition) is 0. The lowest BCUT2D eigenvalue weighted by atomic mass is 10.2. The van der Waals surface area contributed by atoms with Gasteiger partial charge in [-0.25, -0.2) is 0 Å². The first-order valence-corrected chi connectivity index (χ1v) is 11.4. The van der Waals surface area contributed by atoms with Crippen LogP contribution >= 0.6 is 22.6 Å². The van der Waals surface area contributed by atoms with Crippen LogP contribution in [0.25, 0.3) is 0 Å². The standard InChI is InChI=1S/C15H31IO2Si/c1-7-8-9-12-17-13-14(10-11-16)18-19(5,6)15(2,3)4/h10-11,14H,7-9,12-13H2,1-6H3/b11-10+/t14-/m1/s1. The maximum absolute atomic E-state index is 6.37. The second-order valence-electron chi connectivity index (χ2n) is 6.52. The van der Waals surface area contributed by atoms with E-state index in [0.29, 0.717) is 6.61 Å². The Morgan fingerprint density at radius 1 is 1.21 bits per heavy atom. The van der Waals surface area contributed by atoms with Crippen LogP contribution in [-0.2, 0) is 9.16 Å². The van der Waals surface area contributed by atoms with Crippen LogP contribution in [0.5, 0.6) is 0 Å². The van der Waals surface area contributed by atoms with Gasteiger partial charge in [0.15, 0.2) is 8.32 Å². The van der Waals surface area contributed by atoms with Crippen molar-refractivity contribution in [1.29, 1.82) is 0 Å². The number of rotatable bonds is 9. The second kappa shape index (κ2) is 9.53. The average molecular weight is 398 g/mol. The summed E-state index contributed by atoms with van der Waals surface area (Å²) in [5.41, 5.74) is 0. The predicted molar refractivity (Wildman–Crippen MR) is 95.6 cm³/mol. The molecule has 0 aromatic heterocycles. The van der Waals surface area contributed by atoms with Gasteiger partial charge in [0, 0.05) is 6.61 Å². The smallest absolute Gasteiger partial charge is 0.192 e. The van der Waals surface area contributed by atoms with E-state index in [-0.39, 0.29) is 11.1 Å². The van der Waals surface area contributed by atoms with Crippen LogP contribution in [0.4, 0.5) is 0 Å². The summed E-state index contributed by atoms with van der Waals surface area (Å²) in [7, 11) is -1.72. The SMILES string of the molecule is CCCCCOC[C@@H](/C=C/I)O[Si](C)(C)C(C)(C)C. The van der Waals surface area contributed by atoms with Crippen LogP contribution in [0.15, 0.2) is 10.2 Å². The Bertz CT molecular complexity index is 259. The van der Waals surface area contributed by atoms with E-state index >= 15 is 0 Å². The van der Waals surface area contributed by atoms with Crippen molar-refractivity contribution in [3.05, 3.63) is 10.2 Å². The lowest BCUT2D eigenvalue weighted by Crippen LogP contribution is -2.44. The van der Waals surface area contributed by atoms with Crippen LogP contribution in [0, 0.1) is 0 Å². The third kappa shape index (κ3) is 8.47. The van der Waals surface area contributed by atoms with Crippen molar-refractivity contribution in [3.63, 3.8) is 0 Å². The van der Waals surface area contributed by atoms with Gasteiger partial charge in [0.1, 0.15) is 0 Å². The summed E-state index contributed by atoms with van der Waals surface area (Å²) in [6.07, 6.45) is 5.84. The predicted octanol–water partition coefficient (Wildman–Crippen LogP) is 5.53. The van der Waals surface area contributed by atoms with E-state index in [1.165, 1.54) is 12.8 Å². The third-order valence-corrected chi connectivity index (χ3v) is 8.63. The zero-order valence-electron chi connectivity index (χ0n) is 13.5. The lowest BCUT2D eigenvalue weighted by Gasteiger charge is -2.38. The van der Waals surface area contributed by atoms with E-state index in [9.17, 15) is 0 Å². The van der Waals surface area contributed by atoms with Crippen LogP contribution in [0.3, 0.4) is 0 Å². The van der Waals surface area contributed by atoms with Crippen molar-refractivity contribution in [2.45, 2.75) is 71.2 Å². The second-order valence-corrected chi connectivity index (χ2v) is 12.0. The van der Waals surface area contributed by atoms with E-state index in [2.05, 4.69) is 69.5 Å². The Kier molecular flexibility index (Phi) is 9.83. The summed E-state index contributed by atoms with van der Waals surface area (Å²) < 4.78 is 14.2. The third-order valence-electron chi connectivity index (χ3n) is 3.71. The highest BCUT2D eigenvalue weighted by molar-refractivity contribution is 14.1. The quantitative estimate of drug-likeness (QED) is 0.289. The van der Waals surface area contributed by atoms with Gasteiger partial charge in [-0.2, -0.15) is 0 Å². The highest BCUT2D eigenvalue weighted by Crippen LogP contribution is 2.37. The molecule has 0 aromatic carbocycles. The fourth-order valence-corrected chi connectivity index (χ4v) is 3.14. The molecule has 0 saturated heterocycles. The largest absolute Gasteiger partial charge is 0.408 e. The Balaban J connectivity index is 4.26. The Morgan fingerprint density at radius 3 is 2.32 bits per heavy atom. The molecule has 1 atom stereocenters. The maximum atomic E-state index is 6.37. The van der Waals surface area contributed by atoms with Gasteiger partial charge in [-0.15, -0.1) is 0 Å². The van der Waals surface area contributed by atoms with Gasteiger partial charge in [-0.1, -0.05) is 63.1 Å². The van der Waals surface area contributed by atoms with Crippen LogP contribution in [0.2, 0.25) is 18.1 Å². The van der Waals surface area contributed by atoms with Crippen molar-refractivity contribution in [2.24, 2.45) is 0 Å². The van der Waals surface area contributed by atoms with E-state index in [1.54, 1.807) is 0 Å². The topological polar surface area (TPSA) is 18.5 Å². The zero-order chi connectivity index (χ0) is 14.9. The van der Waals surface area contributed by atoms with Gasteiger partial charge >= 0.3 is 0 Å². The molecule has 114 valence electrons. The van der Waals surface area contributed by atoms with Gasteiger partial charge in [0.25, 0.3) is 0 Å². The fraction of sp³-hybridized carbons (Fsp3) is 0.867. The van der Waals surface area contributed by atoms with Crippen molar-refractivity contribution < 1.29 is 9.16 Å². The van der Waals surface area contributed by atoms with Crippen LogP contribution < -0.4 is 0 Å². The van der Waals surface area contributed by atoms with Crippen molar-refractivity contribution in [2.75, 3.05) is 13.2 Å². The number of halogens is 1. The van der Waals surface area contributed by atoms with Crippen molar-refractivity contribution in [1.82, 2.24) is 0 Å². The molecule has 0 spiro atoms. The lowest BCUT2D eigenvalue weighted by molar-refractivity contribution is 0.0627. The molecule has 0 radical (unpaired) electrons. The molecular formula is C15H31IO2Si. The molecule has 0 amide bonds. The van der Waals surface area contributed by atoms with E-state index in [1.807, 2.05) is 4.08 Å². The summed E-state index contributed by atoms with van der Waals surface area (Å²) in [6, 6.07) is 0. The molecule has 0 rings (SSSR count). The van der Waals surface area contributed by atoms with Gasteiger partial charge in [-0.05, 0) is 34.7 Å². The molecule has 0 aliphatic heterocycles. The normalized spacial score (nSPS) is 15.1. The molecule has 0 aliphatic carbocycles. The molecule has 0 saturated carbocycles. The highest BCUT2D eigenvalue weighted by Gasteiger charge is 2.38. The van der Waals surface area contributed by atoms with Gasteiger partial charge < -0.3 is 9.16 Å². The van der Waals surface area contributed by atoms with Gasteiger partial charge in [0.2, 0.25) is 0 Å². The maximum Gasteiger partial charge on any atom is 0.192 e. The first-order valence-electron chi connectivity index (χ1n) is 7.27. The van der Waals surface area contributed by atoms with Crippen LogP contribution in [-0.4, -0.2) is 27.6 Å². The van der Waals surface area contributed by atoms with Gasteiger partial charge in [-0.3, -0.25) is 0 Å². The Hall–Kier alpha value is 0.607. The number of unbranched alkanes of at least 4 members (excludes halogenated alkanes) is 2. The van der Waals surface area contributed by atoms with Crippen molar-refractivity contribution >= 4 is 30.9 Å². The summed E-state index contributed by atoms with van der Waals surface area (Å²) in [5.74, 6) is 0. The molecule has 0 aromatic rings. The van der Waals surface area contributed by atoms with Crippen LogP contribution in [0.1, 0.15) is 47.0 Å². The highest BCUT2D eigenvalue weighted by atomic mass is 127. The number of hydrogen-bond acceptors (Lipinski definition) is 2. The van der Waals surface area contributed by atoms with E-state index in [4.69, 9.17) is 9.16 Å². The Morgan fingerprint density at radius 2 is 1.84 bits per heavy atom.